The monoisotopic (exact) mass is 272 g/mol. The molecular weight excluding hydrogens is 244 g/mol. The molecule has 0 spiro atoms. The molecule has 0 aromatic carbocycles. The van der Waals surface area contributed by atoms with E-state index in [2.05, 4.69) is 66.4 Å². The van der Waals surface area contributed by atoms with Crippen molar-refractivity contribution in [2.75, 3.05) is 0 Å². The highest BCUT2D eigenvalue weighted by Crippen LogP contribution is 2.41. The van der Waals surface area contributed by atoms with Crippen LogP contribution in [0.5, 0.6) is 0 Å². The number of allylic oxidation sites excluding steroid dienone is 4. The summed E-state index contributed by atoms with van der Waals surface area (Å²) in [4.78, 5) is 12.6. The maximum atomic E-state index is 12.6. The zero-order chi connectivity index (χ0) is 15.6. The Hall–Kier alpha value is -1.29. The van der Waals surface area contributed by atoms with E-state index in [0.717, 1.165) is 36.0 Å². The Morgan fingerprint density at radius 2 is 1.65 bits per heavy atom. The molecule has 0 radical (unpaired) electrons. The summed E-state index contributed by atoms with van der Waals surface area (Å²) in [6.07, 6.45) is 5.18. The van der Waals surface area contributed by atoms with Gasteiger partial charge in [0.05, 0.1) is 5.57 Å². The molecule has 0 unspecified atom stereocenters. The van der Waals surface area contributed by atoms with Gasteiger partial charge in [-0.3, -0.25) is 4.79 Å². The molecule has 20 heavy (non-hydrogen) atoms. The van der Waals surface area contributed by atoms with Crippen LogP contribution in [0.3, 0.4) is 0 Å². The largest absolute Gasteiger partial charge is 0.288 e. The van der Waals surface area contributed by atoms with E-state index in [1.54, 1.807) is 0 Å². The van der Waals surface area contributed by atoms with Crippen LogP contribution < -0.4 is 0 Å². The van der Waals surface area contributed by atoms with Crippen molar-refractivity contribution < 1.29 is 4.79 Å². The summed E-state index contributed by atoms with van der Waals surface area (Å²) in [5, 5.41) is 0. The molecule has 110 valence electrons. The number of Topliss-reactive ketones (excluding diaryl/α,β-unsaturated/α-hetero) is 1. The molecule has 1 nitrogen and oxygen atoms in total. The lowest BCUT2D eigenvalue weighted by atomic mass is 9.83. The molecule has 0 saturated heterocycles. The molecule has 0 atom stereocenters. The molecule has 0 bridgehead atoms. The van der Waals surface area contributed by atoms with Gasteiger partial charge < -0.3 is 0 Å². The van der Waals surface area contributed by atoms with E-state index < -0.39 is 0 Å². The number of hydrogen-bond donors (Lipinski definition) is 0. The van der Waals surface area contributed by atoms with Crippen molar-refractivity contribution in [3.05, 3.63) is 22.8 Å². The third kappa shape index (κ3) is 3.85. The van der Waals surface area contributed by atoms with E-state index in [0.29, 0.717) is 0 Å². The summed E-state index contributed by atoms with van der Waals surface area (Å²) in [6.45, 7) is 14.9. The molecule has 0 heterocycles. The molecule has 0 aliphatic heterocycles. The van der Waals surface area contributed by atoms with Crippen LogP contribution in [0, 0.1) is 22.7 Å². The van der Waals surface area contributed by atoms with Gasteiger partial charge in [-0.15, -0.1) is 0 Å². The molecule has 0 aromatic rings. The van der Waals surface area contributed by atoms with E-state index in [9.17, 15) is 4.79 Å². The lowest BCUT2D eigenvalue weighted by Crippen LogP contribution is -2.16. The van der Waals surface area contributed by atoms with Gasteiger partial charge in [0, 0.05) is 12.0 Å². The Balaban J connectivity index is 3.18. The number of hydrogen-bond acceptors (Lipinski definition) is 1. The highest BCUT2D eigenvalue weighted by Gasteiger charge is 2.35. The van der Waals surface area contributed by atoms with E-state index in [1.165, 1.54) is 0 Å². The zero-order valence-electron chi connectivity index (χ0n) is 14.1. The first-order valence-corrected chi connectivity index (χ1v) is 7.59. The minimum Gasteiger partial charge on any atom is -0.288 e. The molecular formula is C19H28O. The molecule has 0 N–H and O–H groups in total. The molecule has 1 heteroatoms. The van der Waals surface area contributed by atoms with E-state index >= 15 is 0 Å². The van der Waals surface area contributed by atoms with Crippen LogP contribution in [0.1, 0.15) is 67.7 Å². The Morgan fingerprint density at radius 1 is 1.05 bits per heavy atom. The molecule has 1 aliphatic carbocycles. The first-order valence-electron chi connectivity index (χ1n) is 7.59. The van der Waals surface area contributed by atoms with Gasteiger partial charge in [0.15, 0.2) is 5.78 Å². The second kappa shape index (κ2) is 6.00. The van der Waals surface area contributed by atoms with Crippen LogP contribution >= 0.6 is 0 Å². The van der Waals surface area contributed by atoms with Crippen molar-refractivity contribution in [1.29, 1.82) is 0 Å². The fraction of sp³-hybridized carbons (Fsp3) is 0.632. The molecule has 0 amide bonds. The molecule has 0 aromatic heterocycles. The maximum Gasteiger partial charge on any atom is 0.198 e. The smallest absolute Gasteiger partial charge is 0.198 e. The number of carbonyl (C=O) groups is 1. The van der Waals surface area contributed by atoms with Crippen LogP contribution in [0.2, 0.25) is 0 Å². The Morgan fingerprint density at radius 3 is 2.10 bits per heavy atom. The van der Waals surface area contributed by atoms with Crippen LogP contribution in [0.25, 0.3) is 0 Å². The predicted molar refractivity (Wildman–Crippen MR) is 86.3 cm³/mol. The van der Waals surface area contributed by atoms with E-state index in [-0.39, 0.29) is 16.6 Å². The minimum absolute atomic E-state index is 0.0442. The second-order valence-corrected chi connectivity index (χ2v) is 7.58. The fourth-order valence-corrected chi connectivity index (χ4v) is 2.23. The average Bonchev–Trinajstić information content (AvgIpc) is 2.61. The van der Waals surface area contributed by atoms with Crippen LogP contribution in [-0.2, 0) is 4.79 Å². The predicted octanol–water partition coefficient (Wildman–Crippen LogP) is 5.08. The SMILES string of the molecule is CCCCC#CC1=C(C(C)(C)C)C=C(C(C)(C)C)C1=O. The van der Waals surface area contributed by atoms with Gasteiger partial charge in [-0.05, 0) is 28.9 Å². The van der Waals surface area contributed by atoms with Gasteiger partial charge in [0.25, 0.3) is 0 Å². The second-order valence-electron chi connectivity index (χ2n) is 7.58. The van der Waals surface area contributed by atoms with Crippen molar-refractivity contribution in [3.63, 3.8) is 0 Å². The van der Waals surface area contributed by atoms with E-state index in [1.807, 2.05) is 0 Å². The Kier molecular flexibility index (Phi) is 5.03. The number of carbonyl (C=O) groups excluding carboxylic acids is 1. The first kappa shape index (κ1) is 16.8. The number of unbranched alkanes of at least 4 members (excludes halogenated alkanes) is 2. The van der Waals surface area contributed by atoms with Crippen LogP contribution in [-0.4, -0.2) is 5.78 Å². The molecule has 0 fully saturated rings. The van der Waals surface area contributed by atoms with Gasteiger partial charge in [-0.25, -0.2) is 0 Å². The van der Waals surface area contributed by atoms with Gasteiger partial charge in [0.2, 0.25) is 0 Å². The lowest BCUT2D eigenvalue weighted by molar-refractivity contribution is -0.112. The molecule has 0 saturated carbocycles. The zero-order valence-corrected chi connectivity index (χ0v) is 14.1. The number of ketones is 1. The van der Waals surface area contributed by atoms with Gasteiger partial charge in [-0.1, -0.05) is 66.7 Å². The van der Waals surface area contributed by atoms with Crippen LogP contribution in [0.15, 0.2) is 22.8 Å². The van der Waals surface area contributed by atoms with Crippen LogP contribution in [0.4, 0.5) is 0 Å². The van der Waals surface area contributed by atoms with Crippen molar-refractivity contribution in [2.24, 2.45) is 10.8 Å². The number of rotatable bonds is 2. The highest BCUT2D eigenvalue weighted by atomic mass is 16.1. The maximum absolute atomic E-state index is 12.6. The van der Waals surface area contributed by atoms with Crippen molar-refractivity contribution in [2.45, 2.75) is 67.7 Å². The summed E-state index contributed by atoms with van der Waals surface area (Å²) in [5.41, 5.74) is 2.54. The van der Waals surface area contributed by atoms with Crippen molar-refractivity contribution >= 4 is 5.78 Å². The Labute approximate surface area is 124 Å². The van der Waals surface area contributed by atoms with Crippen molar-refractivity contribution in [3.8, 4) is 11.8 Å². The summed E-state index contributed by atoms with van der Waals surface area (Å²) in [6, 6.07) is 0. The topological polar surface area (TPSA) is 17.1 Å². The molecule has 1 aliphatic rings. The standard InChI is InChI=1S/C19H28O/c1-8-9-10-11-12-14-15(18(2,3)4)13-16(17(14)20)19(5,6)7/h13H,8-10H2,1-7H3. The summed E-state index contributed by atoms with van der Waals surface area (Å²) < 4.78 is 0. The van der Waals surface area contributed by atoms with Gasteiger partial charge in [0.1, 0.15) is 0 Å². The normalized spacial score (nSPS) is 16.1. The third-order valence-corrected chi connectivity index (χ3v) is 3.51. The quantitative estimate of drug-likeness (QED) is 0.506. The van der Waals surface area contributed by atoms with E-state index in [4.69, 9.17) is 0 Å². The van der Waals surface area contributed by atoms with Gasteiger partial charge in [-0.2, -0.15) is 0 Å². The summed E-state index contributed by atoms with van der Waals surface area (Å²) in [5.74, 6) is 6.45. The summed E-state index contributed by atoms with van der Waals surface area (Å²) >= 11 is 0. The van der Waals surface area contributed by atoms with Crippen molar-refractivity contribution in [1.82, 2.24) is 0 Å². The fourth-order valence-electron chi connectivity index (χ4n) is 2.23. The highest BCUT2D eigenvalue weighted by molar-refractivity contribution is 6.16. The third-order valence-electron chi connectivity index (χ3n) is 3.51. The molecule has 1 rings (SSSR count). The Bertz CT molecular complexity index is 505. The first-order chi connectivity index (χ1) is 9.09. The summed E-state index contributed by atoms with van der Waals surface area (Å²) in [7, 11) is 0. The lowest BCUT2D eigenvalue weighted by Gasteiger charge is -2.20. The average molecular weight is 272 g/mol. The minimum atomic E-state index is -0.125. The van der Waals surface area contributed by atoms with Gasteiger partial charge >= 0.3 is 0 Å².